The summed E-state index contributed by atoms with van der Waals surface area (Å²) in [6.45, 7) is 2.05. The molecular formula is C14H18F2N2O3S. The number of nitrogens with zero attached hydrogens (tertiary/aromatic N) is 1. The lowest BCUT2D eigenvalue weighted by Gasteiger charge is -2.30. The summed E-state index contributed by atoms with van der Waals surface area (Å²) in [6.07, 6.45) is 0.669. The summed E-state index contributed by atoms with van der Waals surface area (Å²) in [7, 11) is -3.26. The van der Waals surface area contributed by atoms with Crippen molar-refractivity contribution in [2.45, 2.75) is 19.8 Å². The van der Waals surface area contributed by atoms with Crippen LogP contribution < -0.4 is 5.32 Å². The normalized spacial score (nSPS) is 17.4. The van der Waals surface area contributed by atoms with E-state index in [1.54, 1.807) is 6.92 Å². The van der Waals surface area contributed by atoms with E-state index in [9.17, 15) is 22.0 Å². The molecule has 0 saturated carbocycles. The van der Waals surface area contributed by atoms with Gasteiger partial charge >= 0.3 is 0 Å². The third kappa shape index (κ3) is 3.61. The van der Waals surface area contributed by atoms with Crippen LogP contribution in [0.2, 0.25) is 0 Å². The number of piperidine rings is 1. The van der Waals surface area contributed by atoms with Crippen molar-refractivity contribution in [3.63, 3.8) is 0 Å². The maximum atomic E-state index is 13.5. The zero-order valence-corrected chi connectivity index (χ0v) is 13.0. The first-order valence-electron chi connectivity index (χ1n) is 7.08. The molecule has 1 fully saturated rings. The maximum absolute atomic E-state index is 13.5. The highest BCUT2D eigenvalue weighted by atomic mass is 32.2. The van der Waals surface area contributed by atoms with Crippen molar-refractivity contribution in [2.24, 2.45) is 5.92 Å². The lowest BCUT2D eigenvalue weighted by Crippen LogP contribution is -2.42. The van der Waals surface area contributed by atoms with Crippen LogP contribution in [0.25, 0.3) is 0 Å². The number of anilines is 1. The number of hydrogen-bond acceptors (Lipinski definition) is 3. The monoisotopic (exact) mass is 332 g/mol. The lowest BCUT2D eigenvalue weighted by atomic mass is 9.97. The van der Waals surface area contributed by atoms with Crippen LogP contribution >= 0.6 is 0 Å². The molecule has 1 amide bonds. The minimum atomic E-state index is -3.26. The van der Waals surface area contributed by atoms with Crippen LogP contribution in [0.1, 0.15) is 19.8 Å². The van der Waals surface area contributed by atoms with Crippen molar-refractivity contribution in [3.05, 3.63) is 29.8 Å². The molecule has 8 heteroatoms. The second-order valence-corrected chi connectivity index (χ2v) is 7.42. The average molecular weight is 332 g/mol. The van der Waals surface area contributed by atoms with Gasteiger partial charge in [-0.05, 0) is 31.9 Å². The van der Waals surface area contributed by atoms with Gasteiger partial charge in [-0.2, -0.15) is 0 Å². The van der Waals surface area contributed by atoms with Crippen molar-refractivity contribution in [2.75, 3.05) is 24.2 Å². The Bertz CT molecular complexity index is 636. The molecule has 0 atom stereocenters. The molecule has 1 aliphatic rings. The van der Waals surface area contributed by atoms with Gasteiger partial charge in [0.15, 0.2) is 0 Å². The van der Waals surface area contributed by atoms with E-state index in [0.29, 0.717) is 12.8 Å². The quantitative estimate of drug-likeness (QED) is 0.917. The van der Waals surface area contributed by atoms with Crippen LogP contribution in [-0.2, 0) is 14.8 Å². The van der Waals surface area contributed by atoms with Gasteiger partial charge in [-0.15, -0.1) is 0 Å². The van der Waals surface area contributed by atoms with Gasteiger partial charge in [0.1, 0.15) is 17.3 Å². The van der Waals surface area contributed by atoms with E-state index in [1.165, 1.54) is 10.4 Å². The predicted octanol–water partition coefficient (Wildman–Crippen LogP) is 1.96. The molecule has 1 aromatic rings. The number of para-hydroxylation sites is 1. The third-order valence-corrected chi connectivity index (χ3v) is 5.68. The standard InChI is InChI=1S/C14H18F2N2O3S/c1-2-22(20,21)18-8-6-10(7-9-18)14(19)17-13-11(15)4-3-5-12(13)16/h3-5,10H,2,6-9H2,1H3,(H,17,19). The Balaban J connectivity index is 1.99. The lowest BCUT2D eigenvalue weighted by molar-refractivity contribution is -0.121. The van der Waals surface area contributed by atoms with Gasteiger partial charge in [-0.1, -0.05) is 6.07 Å². The number of rotatable bonds is 4. The number of benzene rings is 1. The minimum absolute atomic E-state index is 0.0182. The molecule has 1 saturated heterocycles. The van der Waals surface area contributed by atoms with E-state index in [4.69, 9.17) is 0 Å². The van der Waals surface area contributed by atoms with Crippen molar-refractivity contribution in [3.8, 4) is 0 Å². The molecule has 5 nitrogen and oxygen atoms in total. The van der Waals surface area contributed by atoms with Crippen molar-refractivity contribution >= 4 is 21.6 Å². The highest BCUT2D eigenvalue weighted by molar-refractivity contribution is 7.89. The molecule has 1 heterocycles. The summed E-state index contributed by atoms with van der Waals surface area (Å²) < 4.78 is 51.8. The Labute approximate surface area is 128 Å². The second kappa shape index (κ2) is 6.70. The van der Waals surface area contributed by atoms with Crippen molar-refractivity contribution in [1.82, 2.24) is 4.31 Å². The molecule has 0 bridgehead atoms. The number of hydrogen-bond donors (Lipinski definition) is 1. The van der Waals surface area contributed by atoms with Gasteiger partial charge in [0.25, 0.3) is 0 Å². The van der Waals surface area contributed by atoms with E-state index in [-0.39, 0.29) is 18.8 Å². The third-order valence-electron chi connectivity index (χ3n) is 3.79. The van der Waals surface area contributed by atoms with E-state index in [0.717, 1.165) is 12.1 Å². The fourth-order valence-corrected chi connectivity index (χ4v) is 3.55. The number of amides is 1. The summed E-state index contributed by atoms with van der Waals surface area (Å²) >= 11 is 0. The van der Waals surface area contributed by atoms with Crippen LogP contribution in [0.4, 0.5) is 14.5 Å². The molecular weight excluding hydrogens is 314 g/mol. The van der Waals surface area contributed by atoms with Gasteiger partial charge in [0.05, 0.1) is 5.75 Å². The Morgan fingerprint density at radius 2 is 1.82 bits per heavy atom. The molecule has 122 valence electrons. The summed E-state index contributed by atoms with van der Waals surface area (Å²) in [5.41, 5.74) is -0.462. The van der Waals surface area contributed by atoms with E-state index < -0.39 is 39.2 Å². The number of halogens is 2. The summed E-state index contributed by atoms with van der Waals surface area (Å²) in [5, 5.41) is 2.26. The van der Waals surface area contributed by atoms with Crippen LogP contribution in [-0.4, -0.2) is 37.5 Å². The molecule has 0 aliphatic carbocycles. The Kier molecular flexibility index (Phi) is 5.12. The largest absolute Gasteiger partial charge is 0.321 e. The Hall–Kier alpha value is -1.54. The SMILES string of the molecule is CCS(=O)(=O)N1CCC(C(=O)Nc2c(F)cccc2F)CC1. The van der Waals surface area contributed by atoms with Crippen LogP contribution in [0.15, 0.2) is 18.2 Å². The van der Waals surface area contributed by atoms with E-state index in [2.05, 4.69) is 5.32 Å². The van der Waals surface area contributed by atoms with Gasteiger partial charge in [0.2, 0.25) is 15.9 Å². The molecule has 1 aliphatic heterocycles. The number of sulfonamides is 1. The van der Waals surface area contributed by atoms with Gasteiger partial charge in [-0.3, -0.25) is 4.79 Å². The summed E-state index contributed by atoms with van der Waals surface area (Å²) in [4.78, 5) is 12.1. The highest BCUT2D eigenvalue weighted by Crippen LogP contribution is 2.24. The fraction of sp³-hybridized carbons (Fsp3) is 0.500. The van der Waals surface area contributed by atoms with Crippen molar-refractivity contribution in [1.29, 1.82) is 0 Å². The fourth-order valence-electron chi connectivity index (χ4n) is 2.42. The minimum Gasteiger partial charge on any atom is -0.321 e. The first-order chi connectivity index (χ1) is 10.3. The Morgan fingerprint density at radius 3 is 2.32 bits per heavy atom. The van der Waals surface area contributed by atoms with E-state index >= 15 is 0 Å². The van der Waals surface area contributed by atoms with Crippen LogP contribution in [0, 0.1) is 17.6 Å². The molecule has 0 radical (unpaired) electrons. The predicted molar refractivity (Wildman–Crippen MR) is 78.7 cm³/mol. The van der Waals surface area contributed by atoms with Crippen LogP contribution in [0.3, 0.4) is 0 Å². The van der Waals surface area contributed by atoms with E-state index in [1.807, 2.05) is 0 Å². The smallest absolute Gasteiger partial charge is 0.227 e. The number of carbonyl (C=O) groups excluding carboxylic acids is 1. The maximum Gasteiger partial charge on any atom is 0.227 e. The molecule has 0 aromatic heterocycles. The molecule has 1 N–H and O–H groups in total. The molecule has 0 spiro atoms. The number of carbonyl (C=O) groups is 1. The highest BCUT2D eigenvalue weighted by Gasteiger charge is 2.30. The molecule has 0 unspecified atom stereocenters. The zero-order chi connectivity index (χ0) is 16.3. The van der Waals surface area contributed by atoms with Gasteiger partial charge in [-0.25, -0.2) is 21.5 Å². The van der Waals surface area contributed by atoms with Crippen molar-refractivity contribution < 1.29 is 22.0 Å². The van der Waals surface area contributed by atoms with Gasteiger partial charge in [0, 0.05) is 19.0 Å². The second-order valence-electron chi connectivity index (χ2n) is 5.16. The number of nitrogens with one attached hydrogen (secondary N) is 1. The molecule has 1 aromatic carbocycles. The summed E-state index contributed by atoms with van der Waals surface area (Å²) in [6, 6.07) is 3.35. The topological polar surface area (TPSA) is 66.5 Å². The summed E-state index contributed by atoms with van der Waals surface area (Å²) in [5.74, 6) is -2.59. The zero-order valence-electron chi connectivity index (χ0n) is 12.2. The molecule has 22 heavy (non-hydrogen) atoms. The first kappa shape index (κ1) is 16.8. The molecule has 2 rings (SSSR count). The first-order valence-corrected chi connectivity index (χ1v) is 8.68. The van der Waals surface area contributed by atoms with Gasteiger partial charge < -0.3 is 5.32 Å². The Morgan fingerprint density at radius 1 is 1.27 bits per heavy atom. The average Bonchev–Trinajstić information content (AvgIpc) is 2.51. The van der Waals surface area contributed by atoms with Crippen LogP contribution in [0.5, 0.6) is 0 Å².